The molecule has 1 aromatic carbocycles. The van der Waals surface area contributed by atoms with E-state index in [1.807, 2.05) is 40.0 Å². The molecule has 0 heterocycles. The maximum atomic E-state index is 10.2. The van der Waals surface area contributed by atoms with Crippen molar-refractivity contribution in [3.05, 3.63) is 34.4 Å². The van der Waals surface area contributed by atoms with Crippen molar-refractivity contribution in [3.63, 3.8) is 0 Å². The third-order valence-electron chi connectivity index (χ3n) is 3.09. The van der Waals surface area contributed by atoms with Gasteiger partial charge in [-0.15, -0.1) is 0 Å². The van der Waals surface area contributed by atoms with E-state index in [2.05, 4.69) is 5.32 Å². The Bertz CT molecular complexity index is 353. The van der Waals surface area contributed by atoms with Crippen LogP contribution in [-0.2, 0) is 0 Å². The summed E-state index contributed by atoms with van der Waals surface area (Å²) in [5.74, 6) is 0. The molecular formula is C14H23NO2. The first-order chi connectivity index (χ1) is 7.97. The molecule has 3 nitrogen and oxygen atoms in total. The number of aliphatic hydroxyl groups excluding tert-OH is 2. The number of nitrogens with one attached hydrogen (secondary N) is 1. The van der Waals surface area contributed by atoms with Crippen LogP contribution in [0.2, 0.25) is 0 Å². The number of aryl methyl sites for hydroxylation is 3. The second-order valence-electron chi connectivity index (χ2n) is 4.72. The van der Waals surface area contributed by atoms with Crippen molar-refractivity contribution in [1.82, 2.24) is 5.32 Å². The number of benzene rings is 1. The van der Waals surface area contributed by atoms with Gasteiger partial charge >= 0.3 is 0 Å². The lowest BCUT2D eigenvalue weighted by Crippen LogP contribution is -2.24. The predicted octanol–water partition coefficient (Wildman–Crippen LogP) is 1.62. The normalized spacial score (nSPS) is 14.7. The zero-order chi connectivity index (χ0) is 13.0. The van der Waals surface area contributed by atoms with Crippen molar-refractivity contribution >= 4 is 0 Å². The SMILES string of the molecule is CNCCC(O)C(O)c1c(C)cc(C)cc1C. The van der Waals surface area contributed by atoms with Crippen LogP contribution in [0.3, 0.4) is 0 Å². The molecule has 0 fully saturated rings. The van der Waals surface area contributed by atoms with Gasteiger partial charge in [0.25, 0.3) is 0 Å². The second kappa shape index (κ2) is 6.15. The largest absolute Gasteiger partial charge is 0.390 e. The van der Waals surface area contributed by atoms with Crippen molar-refractivity contribution in [2.45, 2.75) is 39.4 Å². The lowest BCUT2D eigenvalue weighted by atomic mass is 9.92. The van der Waals surface area contributed by atoms with Crippen molar-refractivity contribution < 1.29 is 10.2 Å². The highest BCUT2D eigenvalue weighted by Gasteiger charge is 2.21. The molecule has 0 aliphatic rings. The molecule has 2 unspecified atom stereocenters. The molecule has 0 radical (unpaired) electrons. The van der Waals surface area contributed by atoms with Gasteiger partial charge in [0.2, 0.25) is 0 Å². The third kappa shape index (κ3) is 3.53. The van der Waals surface area contributed by atoms with Crippen molar-refractivity contribution in [3.8, 4) is 0 Å². The Kier molecular flexibility index (Phi) is 5.12. The Morgan fingerprint density at radius 1 is 1.12 bits per heavy atom. The summed E-state index contributed by atoms with van der Waals surface area (Å²) in [6, 6.07) is 4.08. The molecule has 3 N–H and O–H groups in total. The minimum atomic E-state index is -0.802. The summed E-state index contributed by atoms with van der Waals surface area (Å²) in [7, 11) is 1.83. The fraction of sp³-hybridized carbons (Fsp3) is 0.571. The number of rotatable bonds is 5. The molecule has 0 amide bonds. The summed E-state index contributed by atoms with van der Waals surface area (Å²) in [6.45, 7) is 6.68. The zero-order valence-corrected chi connectivity index (χ0v) is 11.1. The first-order valence-corrected chi connectivity index (χ1v) is 6.05. The molecule has 1 aromatic rings. The third-order valence-corrected chi connectivity index (χ3v) is 3.09. The van der Waals surface area contributed by atoms with Crippen LogP contribution in [0.5, 0.6) is 0 Å². The molecule has 0 bridgehead atoms. The van der Waals surface area contributed by atoms with E-state index < -0.39 is 12.2 Å². The summed E-state index contributed by atoms with van der Waals surface area (Å²) in [6.07, 6.45) is -0.976. The summed E-state index contributed by atoms with van der Waals surface area (Å²) < 4.78 is 0. The van der Waals surface area contributed by atoms with Gasteiger partial charge in [-0.2, -0.15) is 0 Å². The van der Waals surface area contributed by atoms with Crippen LogP contribution in [0.25, 0.3) is 0 Å². The zero-order valence-electron chi connectivity index (χ0n) is 11.1. The molecule has 1 rings (SSSR count). The Balaban J connectivity index is 2.91. The van der Waals surface area contributed by atoms with Gasteiger partial charge < -0.3 is 15.5 Å². The Morgan fingerprint density at radius 3 is 2.12 bits per heavy atom. The van der Waals surface area contributed by atoms with Gasteiger partial charge in [-0.05, 0) is 57.5 Å². The molecular weight excluding hydrogens is 214 g/mol. The molecule has 0 spiro atoms. The van der Waals surface area contributed by atoms with E-state index in [1.165, 1.54) is 5.56 Å². The molecule has 3 heteroatoms. The Morgan fingerprint density at radius 2 is 1.65 bits per heavy atom. The first-order valence-electron chi connectivity index (χ1n) is 6.05. The second-order valence-corrected chi connectivity index (χ2v) is 4.72. The minimum Gasteiger partial charge on any atom is -0.390 e. The number of aliphatic hydroxyl groups is 2. The highest BCUT2D eigenvalue weighted by atomic mass is 16.3. The number of hydrogen-bond donors (Lipinski definition) is 3. The van der Waals surface area contributed by atoms with Gasteiger partial charge in [-0.3, -0.25) is 0 Å². The van der Waals surface area contributed by atoms with Crippen LogP contribution in [0.15, 0.2) is 12.1 Å². The van der Waals surface area contributed by atoms with Gasteiger partial charge in [-0.1, -0.05) is 17.7 Å². The molecule has 17 heavy (non-hydrogen) atoms. The fourth-order valence-electron chi connectivity index (χ4n) is 2.30. The molecule has 0 aromatic heterocycles. The lowest BCUT2D eigenvalue weighted by molar-refractivity contribution is 0.0133. The van der Waals surface area contributed by atoms with E-state index in [0.717, 1.165) is 16.7 Å². The summed E-state index contributed by atoms with van der Waals surface area (Å²) in [5, 5.41) is 23.1. The van der Waals surface area contributed by atoms with Crippen LogP contribution >= 0.6 is 0 Å². The highest BCUT2D eigenvalue weighted by Crippen LogP contribution is 2.26. The smallest absolute Gasteiger partial charge is 0.105 e. The monoisotopic (exact) mass is 237 g/mol. The molecule has 0 aliphatic carbocycles. The molecule has 96 valence electrons. The predicted molar refractivity (Wildman–Crippen MR) is 70.2 cm³/mol. The summed E-state index contributed by atoms with van der Waals surface area (Å²) in [5.41, 5.74) is 4.12. The molecule has 0 saturated heterocycles. The minimum absolute atomic E-state index is 0.546. The van der Waals surface area contributed by atoms with Crippen LogP contribution < -0.4 is 5.32 Å². The van der Waals surface area contributed by atoms with Crippen LogP contribution in [0, 0.1) is 20.8 Å². The van der Waals surface area contributed by atoms with Gasteiger partial charge in [0, 0.05) is 0 Å². The molecule has 0 saturated carbocycles. The van der Waals surface area contributed by atoms with Crippen molar-refractivity contribution in [2.75, 3.05) is 13.6 Å². The van der Waals surface area contributed by atoms with E-state index >= 15 is 0 Å². The van der Waals surface area contributed by atoms with Crippen LogP contribution in [0.4, 0.5) is 0 Å². The van der Waals surface area contributed by atoms with Crippen molar-refractivity contribution in [2.24, 2.45) is 0 Å². The fourth-order valence-corrected chi connectivity index (χ4v) is 2.30. The standard InChI is InChI=1S/C14H23NO2/c1-9-7-10(2)13(11(3)8-9)14(17)12(16)5-6-15-4/h7-8,12,14-17H,5-6H2,1-4H3. The molecule has 2 atom stereocenters. The first kappa shape index (κ1) is 14.2. The quantitative estimate of drug-likeness (QED) is 0.729. The van der Waals surface area contributed by atoms with Gasteiger partial charge in [0.1, 0.15) is 6.10 Å². The van der Waals surface area contributed by atoms with E-state index in [4.69, 9.17) is 0 Å². The van der Waals surface area contributed by atoms with E-state index in [0.29, 0.717) is 13.0 Å². The van der Waals surface area contributed by atoms with E-state index in [-0.39, 0.29) is 0 Å². The Labute approximate surface area is 103 Å². The van der Waals surface area contributed by atoms with Crippen LogP contribution in [0.1, 0.15) is 34.8 Å². The Hall–Kier alpha value is -0.900. The lowest BCUT2D eigenvalue weighted by Gasteiger charge is -2.22. The van der Waals surface area contributed by atoms with Gasteiger partial charge in [-0.25, -0.2) is 0 Å². The van der Waals surface area contributed by atoms with E-state index in [9.17, 15) is 10.2 Å². The van der Waals surface area contributed by atoms with Crippen LogP contribution in [-0.4, -0.2) is 29.9 Å². The summed E-state index contributed by atoms with van der Waals surface area (Å²) in [4.78, 5) is 0. The average molecular weight is 237 g/mol. The van der Waals surface area contributed by atoms with Gasteiger partial charge in [0.05, 0.1) is 6.10 Å². The number of hydrogen-bond acceptors (Lipinski definition) is 3. The highest BCUT2D eigenvalue weighted by molar-refractivity contribution is 5.39. The summed E-state index contributed by atoms with van der Waals surface area (Å²) >= 11 is 0. The molecule has 0 aliphatic heterocycles. The average Bonchev–Trinajstić information content (AvgIpc) is 2.24. The van der Waals surface area contributed by atoms with Gasteiger partial charge in [0.15, 0.2) is 0 Å². The van der Waals surface area contributed by atoms with E-state index in [1.54, 1.807) is 0 Å². The maximum absolute atomic E-state index is 10.2. The topological polar surface area (TPSA) is 52.5 Å². The maximum Gasteiger partial charge on any atom is 0.105 e. The van der Waals surface area contributed by atoms with Crippen molar-refractivity contribution in [1.29, 1.82) is 0 Å².